The second-order valence-corrected chi connectivity index (χ2v) is 5.12. The molecule has 1 aromatic carbocycles. The van der Waals surface area contributed by atoms with Crippen molar-refractivity contribution in [3.63, 3.8) is 0 Å². The topological polar surface area (TPSA) is 43.3 Å². The van der Waals surface area contributed by atoms with Crippen LogP contribution >= 0.6 is 11.6 Å². The maximum Gasteiger partial charge on any atom is 0.160 e. The van der Waals surface area contributed by atoms with Crippen molar-refractivity contribution < 1.29 is 0 Å². The number of aromatic nitrogens is 2. The fourth-order valence-electron chi connectivity index (χ4n) is 2.11. The number of fused-ring (bicyclic) bond motifs is 1. The molecule has 96 valence electrons. The second kappa shape index (κ2) is 4.59. The van der Waals surface area contributed by atoms with Gasteiger partial charge in [0.05, 0.1) is 11.4 Å². The first-order chi connectivity index (χ1) is 9.13. The van der Waals surface area contributed by atoms with Crippen LogP contribution in [0.15, 0.2) is 42.7 Å². The first kappa shape index (κ1) is 12.1. The van der Waals surface area contributed by atoms with E-state index in [9.17, 15) is 0 Å². The molecule has 0 saturated heterocycles. The van der Waals surface area contributed by atoms with Gasteiger partial charge in [-0.3, -0.25) is 0 Å². The molecule has 19 heavy (non-hydrogen) atoms. The minimum Gasteiger partial charge on any atom is -0.395 e. The Morgan fingerprint density at radius 3 is 2.68 bits per heavy atom. The molecule has 0 amide bonds. The summed E-state index contributed by atoms with van der Waals surface area (Å²) in [6, 6.07) is 9.81. The molecule has 0 radical (unpaired) electrons. The highest BCUT2D eigenvalue weighted by Gasteiger charge is 2.07. The molecule has 2 N–H and O–H groups in total. The van der Waals surface area contributed by atoms with E-state index in [1.807, 2.05) is 54.0 Å². The number of hydrogen-bond acceptors (Lipinski definition) is 2. The number of benzene rings is 1. The Morgan fingerprint density at radius 1 is 1.21 bits per heavy atom. The molecule has 4 heteroatoms. The van der Waals surface area contributed by atoms with E-state index in [4.69, 9.17) is 17.3 Å². The molecule has 3 aromatic rings. The van der Waals surface area contributed by atoms with Crippen molar-refractivity contribution in [2.45, 2.75) is 13.3 Å². The van der Waals surface area contributed by atoms with Gasteiger partial charge in [0.15, 0.2) is 5.65 Å². The van der Waals surface area contributed by atoms with Gasteiger partial charge in [0.25, 0.3) is 0 Å². The van der Waals surface area contributed by atoms with Crippen LogP contribution in [0.1, 0.15) is 16.8 Å². The summed E-state index contributed by atoms with van der Waals surface area (Å²) in [5.74, 6) is 0. The van der Waals surface area contributed by atoms with Gasteiger partial charge >= 0.3 is 0 Å². The first-order valence-electron chi connectivity index (χ1n) is 6.10. The van der Waals surface area contributed by atoms with Crippen molar-refractivity contribution in [3.05, 3.63) is 64.6 Å². The van der Waals surface area contributed by atoms with E-state index in [1.165, 1.54) is 5.56 Å². The summed E-state index contributed by atoms with van der Waals surface area (Å²) in [4.78, 5) is 4.60. The number of halogens is 1. The molecule has 0 unspecified atom stereocenters. The van der Waals surface area contributed by atoms with E-state index in [2.05, 4.69) is 4.98 Å². The van der Waals surface area contributed by atoms with E-state index >= 15 is 0 Å². The molecule has 0 fully saturated rings. The Morgan fingerprint density at radius 2 is 1.95 bits per heavy atom. The third-order valence-electron chi connectivity index (χ3n) is 3.23. The van der Waals surface area contributed by atoms with Crippen molar-refractivity contribution in [1.29, 1.82) is 0 Å². The number of imidazole rings is 1. The van der Waals surface area contributed by atoms with Crippen molar-refractivity contribution >= 4 is 22.9 Å². The van der Waals surface area contributed by atoms with Gasteiger partial charge in [0.1, 0.15) is 0 Å². The van der Waals surface area contributed by atoms with E-state index in [0.717, 1.165) is 34.0 Å². The molecule has 0 atom stereocenters. The highest BCUT2D eigenvalue weighted by molar-refractivity contribution is 6.30. The molecule has 3 rings (SSSR count). The molecule has 2 heterocycles. The van der Waals surface area contributed by atoms with Crippen molar-refractivity contribution in [1.82, 2.24) is 9.38 Å². The fourth-order valence-corrected chi connectivity index (χ4v) is 2.24. The van der Waals surface area contributed by atoms with Crippen LogP contribution in [0.4, 0.5) is 5.69 Å². The fraction of sp³-hybridized carbons (Fsp3) is 0.133. The minimum absolute atomic E-state index is 0.741. The van der Waals surface area contributed by atoms with Crippen LogP contribution in [0.25, 0.3) is 5.65 Å². The number of anilines is 1. The number of nitrogens with zero attached hydrogens (tertiary/aromatic N) is 2. The van der Waals surface area contributed by atoms with Crippen LogP contribution in [-0.4, -0.2) is 9.38 Å². The lowest BCUT2D eigenvalue weighted by Crippen LogP contribution is -1.94. The summed E-state index contributed by atoms with van der Waals surface area (Å²) >= 11 is 5.88. The maximum atomic E-state index is 6.04. The number of nitrogen functional groups attached to an aromatic ring is 1. The van der Waals surface area contributed by atoms with Gasteiger partial charge in [-0.05, 0) is 36.2 Å². The lowest BCUT2D eigenvalue weighted by molar-refractivity contribution is 1.11. The van der Waals surface area contributed by atoms with Crippen LogP contribution in [0.2, 0.25) is 5.02 Å². The lowest BCUT2D eigenvalue weighted by Gasteiger charge is -2.00. The Bertz CT molecular complexity index is 729. The van der Waals surface area contributed by atoms with E-state index in [0.29, 0.717) is 0 Å². The van der Waals surface area contributed by atoms with Crippen LogP contribution in [-0.2, 0) is 6.42 Å². The number of aryl methyl sites for hydroxylation is 1. The maximum absolute atomic E-state index is 6.04. The highest BCUT2D eigenvalue weighted by atomic mass is 35.5. The normalized spacial score (nSPS) is 11.1. The standard InChI is InChI=1S/C15H14ClN3/c1-10-6-7-19-9-13(18-15(19)14(10)17)8-11-2-4-12(16)5-3-11/h2-7,9H,8,17H2,1H3. The number of hydrogen-bond donors (Lipinski definition) is 1. The summed E-state index contributed by atoms with van der Waals surface area (Å²) in [5, 5.41) is 0.749. The zero-order valence-corrected chi connectivity index (χ0v) is 11.4. The molecule has 0 bridgehead atoms. The zero-order valence-electron chi connectivity index (χ0n) is 10.6. The third kappa shape index (κ3) is 2.29. The largest absolute Gasteiger partial charge is 0.395 e. The smallest absolute Gasteiger partial charge is 0.160 e. The highest BCUT2D eigenvalue weighted by Crippen LogP contribution is 2.19. The molecule has 3 nitrogen and oxygen atoms in total. The molecular formula is C15H14ClN3. The Labute approximate surface area is 116 Å². The van der Waals surface area contributed by atoms with Crippen molar-refractivity contribution in [2.24, 2.45) is 0 Å². The number of pyridine rings is 1. The van der Waals surface area contributed by atoms with Crippen LogP contribution in [0, 0.1) is 6.92 Å². The SMILES string of the molecule is Cc1ccn2cc(Cc3ccc(Cl)cc3)nc2c1N. The summed E-state index contributed by atoms with van der Waals surface area (Å²) in [6.07, 6.45) is 4.77. The minimum atomic E-state index is 0.741. The van der Waals surface area contributed by atoms with E-state index < -0.39 is 0 Å². The molecule has 2 aromatic heterocycles. The Hall–Kier alpha value is -2.00. The van der Waals surface area contributed by atoms with Gasteiger partial charge in [-0.2, -0.15) is 0 Å². The molecular weight excluding hydrogens is 258 g/mol. The summed E-state index contributed by atoms with van der Waals surface area (Å²) in [7, 11) is 0. The summed E-state index contributed by atoms with van der Waals surface area (Å²) in [6.45, 7) is 1.99. The molecule has 0 spiro atoms. The average molecular weight is 272 g/mol. The number of rotatable bonds is 2. The number of nitrogens with two attached hydrogens (primary N) is 1. The van der Waals surface area contributed by atoms with E-state index in [-0.39, 0.29) is 0 Å². The van der Waals surface area contributed by atoms with E-state index in [1.54, 1.807) is 0 Å². The van der Waals surface area contributed by atoms with Crippen molar-refractivity contribution in [3.8, 4) is 0 Å². The predicted octanol–water partition coefficient (Wildman–Crippen LogP) is 3.47. The zero-order chi connectivity index (χ0) is 13.4. The second-order valence-electron chi connectivity index (χ2n) is 4.68. The van der Waals surface area contributed by atoms with Crippen LogP contribution in [0.3, 0.4) is 0 Å². The Balaban J connectivity index is 1.97. The monoisotopic (exact) mass is 271 g/mol. The van der Waals surface area contributed by atoms with Crippen LogP contribution in [0.5, 0.6) is 0 Å². The van der Waals surface area contributed by atoms with Gasteiger partial charge in [0, 0.05) is 23.8 Å². The summed E-state index contributed by atoms with van der Waals surface area (Å²) < 4.78 is 1.97. The van der Waals surface area contributed by atoms with Crippen molar-refractivity contribution in [2.75, 3.05) is 5.73 Å². The van der Waals surface area contributed by atoms with Gasteiger partial charge < -0.3 is 10.1 Å². The quantitative estimate of drug-likeness (QED) is 0.776. The predicted molar refractivity (Wildman–Crippen MR) is 78.6 cm³/mol. The Kier molecular flexibility index (Phi) is 2.91. The van der Waals surface area contributed by atoms with Gasteiger partial charge in [-0.15, -0.1) is 0 Å². The lowest BCUT2D eigenvalue weighted by atomic mass is 10.1. The molecule has 0 aliphatic heterocycles. The molecule has 0 aliphatic carbocycles. The van der Waals surface area contributed by atoms with Gasteiger partial charge in [0.2, 0.25) is 0 Å². The first-order valence-corrected chi connectivity index (χ1v) is 6.48. The molecule has 0 saturated carbocycles. The average Bonchev–Trinajstić information content (AvgIpc) is 2.80. The summed E-state index contributed by atoms with van der Waals surface area (Å²) in [5.41, 5.74) is 10.8. The van der Waals surface area contributed by atoms with Gasteiger partial charge in [-0.1, -0.05) is 23.7 Å². The molecule has 0 aliphatic rings. The van der Waals surface area contributed by atoms with Gasteiger partial charge in [-0.25, -0.2) is 4.98 Å². The third-order valence-corrected chi connectivity index (χ3v) is 3.48. The van der Waals surface area contributed by atoms with Crippen LogP contribution < -0.4 is 5.73 Å².